The summed E-state index contributed by atoms with van der Waals surface area (Å²) in [5.74, 6) is -0.148. The quantitative estimate of drug-likeness (QED) is 0.716. The average molecular weight is 424 g/mol. The highest BCUT2D eigenvalue weighted by Gasteiger charge is 2.21. The summed E-state index contributed by atoms with van der Waals surface area (Å²) in [4.78, 5) is 17.2. The zero-order chi connectivity index (χ0) is 21.6. The molecule has 6 heteroatoms. The zero-order valence-corrected chi connectivity index (χ0v) is 18.3. The minimum atomic E-state index is -0.595. The van der Waals surface area contributed by atoms with Gasteiger partial charge in [0, 0.05) is 63.7 Å². The minimum Gasteiger partial charge on any atom is -0.390 e. The molecule has 4 rings (SSSR count). The third-order valence-electron chi connectivity index (χ3n) is 6.43. The van der Waals surface area contributed by atoms with E-state index in [0.717, 1.165) is 51.3 Å². The Balaban J connectivity index is 1.27. The normalized spacial score (nSPS) is 18.3. The molecule has 166 valence electrons. The highest BCUT2D eigenvalue weighted by molar-refractivity contribution is 5.95. The van der Waals surface area contributed by atoms with Crippen LogP contribution in [0.2, 0.25) is 0 Å². The highest BCUT2D eigenvalue weighted by atomic mass is 16.5. The zero-order valence-electron chi connectivity index (χ0n) is 18.3. The summed E-state index contributed by atoms with van der Waals surface area (Å²) in [6.07, 6.45) is 2.41. The fourth-order valence-electron chi connectivity index (χ4n) is 4.53. The van der Waals surface area contributed by atoms with Gasteiger partial charge in [0.15, 0.2) is 0 Å². The number of aliphatic hydroxyl groups is 1. The Morgan fingerprint density at radius 3 is 2.77 bits per heavy atom. The van der Waals surface area contributed by atoms with Gasteiger partial charge in [0.1, 0.15) is 0 Å². The minimum absolute atomic E-state index is 0.148. The summed E-state index contributed by atoms with van der Waals surface area (Å²) in [5.41, 5.74) is 4.38. The van der Waals surface area contributed by atoms with Crippen molar-refractivity contribution in [3.8, 4) is 0 Å². The van der Waals surface area contributed by atoms with Crippen LogP contribution in [0.15, 0.2) is 48.5 Å². The number of rotatable bonds is 7. The van der Waals surface area contributed by atoms with Gasteiger partial charge in [-0.3, -0.25) is 9.69 Å². The van der Waals surface area contributed by atoms with Crippen LogP contribution < -0.4 is 10.2 Å². The lowest BCUT2D eigenvalue weighted by Crippen LogP contribution is -2.42. The fourth-order valence-corrected chi connectivity index (χ4v) is 4.53. The third kappa shape index (κ3) is 5.64. The number of aliphatic hydroxyl groups excluding tert-OH is 1. The molecule has 2 aliphatic rings. The van der Waals surface area contributed by atoms with E-state index in [2.05, 4.69) is 46.4 Å². The largest absolute Gasteiger partial charge is 0.390 e. The second kappa shape index (κ2) is 10.3. The molecular weight excluding hydrogens is 390 g/mol. The molecule has 0 saturated carbocycles. The van der Waals surface area contributed by atoms with Gasteiger partial charge in [0.05, 0.1) is 6.10 Å². The number of fused-ring (bicyclic) bond motifs is 1. The highest BCUT2D eigenvalue weighted by Crippen LogP contribution is 2.22. The number of nitrogens with zero attached hydrogens (tertiary/aromatic N) is 2. The Bertz CT molecular complexity index is 882. The monoisotopic (exact) mass is 423 g/mol. The van der Waals surface area contributed by atoms with Gasteiger partial charge in [0.25, 0.3) is 5.91 Å². The molecule has 1 saturated heterocycles. The van der Waals surface area contributed by atoms with Crippen molar-refractivity contribution < 1.29 is 14.6 Å². The van der Waals surface area contributed by atoms with E-state index >= 15 is 0 Å². The summed E-state index contributed by atoms with van der Waals surface area (Å²) in [6.45, 7) is 4.16. The number of β-amino-alcohol motifs (C(OH)–C–C–N with tert-alkyl or cyclic N) is 1. The lowest BCUT2D eigenvalue weighted by molar-refractivity contribution is 0.0840. The molecule has 0 aromatic heterocycles. The lowest BCUT2D eigenvalue weighted by Gasteiger charge is -2.33. The van der Waals surface area contributed by atoms with Crippen LogP contribution in [0.5, 0.6) is 0 Å². The molecular formula is C25H33N3O3. The molecule has 0 bridgehead atoms. The molecule has 1 amide bonds. The summed E-state index contributed by atoms with van der Waals surface area (Å²) in [6, 6.07) is 16.6. The number of ether oxygens (including phenoxy) is 1. The predicted molar refractivity (Wildman–Crippen MR) is 122 cm³/mol. The van der Waals surface area contributed by atoms with Crippen molar-refractivity contribution in [1.29, 1.82) is 0 Å². The van der Waals surface area contributed by atoms with Crippen molar-refractivity contribution in [2.45, 2.75) is 38.0 Å². The van der Waals surface area contributed by atoms with Crippen LogP contribution in [0.3, 0.4) is 0 Å². The van der Waals surface area contributed by atoms with E-state index in [1.807, 2.05) is 24.3 Å². The Morgan fingerprint density at radius 1 is 1.19 bits per heavy atom. The SMILES string of the molecule is CN(c1cccc(C(=O)NCC(O)CN2CCc3ccccc3C2)c1)C1CCOCC1. The molecule has 0 aliphatic carbocycles. The molecule has 31 heavy (non-hydrogen) atoms. The van der Waals surface area contributed by atoms with Crippen LogP contribution in [0, 0.1) is 0 Å². The first kappa shape index (κ1) is 21.8. The Morgan fingerprint density at radius 2 is 1.97 bits per heavy atom. The van der Waals surface area contributed by atoms with Gasteiger partial charge in [-0.05, 0) is 48.6 Å². The predicted octanol–water partition coefficient (Wildman–Crippen LogP) is 2.45. The van der Waals surface area contributed by atoms with E-state index < -0.39 is 6.10 Å². The number of benzene rings is 2. The Kier molecular flexibility index (Phi) is 7.22. The number of hydrogen-bond donors (Lipinski definition) is 2. The van der Waals surface area contributed by atoms with E-state index in [-0.39, 0.29) is 12.5 Å². The average Bonchev–Trinajstić information content (AvgIpc) is 2.82. The second-order valence-electron chi connectivity index (χ2n) is 8.62. The number of carbonyl (C=O) groups excluding carboxylic acids is 1. The number of nitrogens with one attached hydrogen (secondary N) is 1. The van der Waals surface area contributed by atoms with Crippen molar-refractivity contribution in [2.24, 2.45) is 0 Å². The van der Waals surface area contributed by atoms with Crippen LogP contribution in [0.4, 0.5) is 5.69 Å². The molecule has 6 nitrogen and oxygen atoms in total. The molecule has 1 unspecified atom stereocenters. The Hall–Kier alpha value is -2.41. The van der Waals surface area contributed by atoms with Gasteiger partial charge in [-0.1, -0.05) is 30.3 Å². The maximum Gasteiger partial charge on any atom is 0.251 e. The van der Waals surface area contributed by atoms with Crippen LogP contribution in [-0.4, -0.2) is 68.0 Å². The standard InChI is InChI=1S/C25H33N3O3/c1-27(22-10-13-31-14-11-22)23-8-4-7-20(15-23)25(30)26-16-24(29)18-28-12-9-19-5-2-3-6-21(19)17-28/h2-8,15,22,24,29H,9-14,16-18H2,1H3,(H,26,30). The van der Waals surface area contributed by atoms with Crippen molar-refractivity contribution in [1.82, 2.24) is 10.2 Å². The first-order valence-electron chi connectivity index (χ1n) is 11.3. The molecule has 0 spiro atoms. The van der Waals surface area contributed by atoms with Crippen molar-refractivity contribution in [3.63, 3.8) is 0 Å². The van der Waals surface area contributed by atoms with Crippen LogP contribution in [0.1, 0.15) is 34.3 Å². The molecule has 2 aliphatic heterocycles. The van der Waals surface area contributed by atoms with Crippen LogP contribution in [-0.2, 0) is 17.7 Å². The summed E-state index contributed by atoms with van der Waals surface area (Å²) >= 11 is 0. The summed E-state index contributed by atoms with van der Waals surface area (Å²) < 4.78 is 5.46. The molecule has 1 fully saturated rings. The smallest absolute Gasteiger partial charge is 0.251 e. The molecule has 2 N–H and O–H groups in total. The molecule has 2 aromatic rings. The molecule has 0 radical (unpaired) electrons. The van der Waals surface area contributed by atoms with Gasteiger partial charge in [-0.15, -0.1) is 0 Å². The van der Waals surface area contributed by atoms with Crippen molar-refractivity contribution in [3.05, 3.63) is 65.2 Å². The van der Waals surface area contributed by atoms with Gasteiger partial charge in [-0.2, -0.15) is 0 Å². The topological polar surface area (TPSA) is 65.0 Å². The van der Waals surface area contributed by atoms with E-state index in [4.69, 9.17) is 4.74 Å². The van der Waals surface area contributed by atoms with Crippen molar-refractivity contribution in [2.75, 3.05) is 44.8 Å². The van der Waals surface area contributed by atoms with Gasteiger partial charge < -0.3 is 20.1 Å². The maximum atomic E-state index is 12.7. The summed E-state index contributed by atoms with van der Waals surface area (Å²) in [7, 11) is 2.08. The lowest BCUT2D eigenvalue weighted by atomic mass is 10.00. The molecule has 2 aromatic carbocycles. The third-order valence-corrected chi connectivity index (χ3v) is 6.43. The number of hydrogen-bond acceptors (Lipinski definition) is 5. The van der Waals surface area contributed by atoms with Gasteiger partial charge in [0.2, 0.25) is 0 Å². The van der Waals surface area contributed by atoms with E-state index in [1.54, 1.807) is 0 Å². The first-order chi connectivity index (χ1) is 15.1. The van der Waals surface area contributed by atoms with Crippen LogP contribution >= 0.6 is 0 Å². The first-order valence-corrected chi connectivity index (χ1v) is 11.3. The van der Waals surface area contributed by atoms with E-state index in [9.17, 15) is 9.90 Å². The second-order valence-corrected chi connectivity index (χ2v) is 8.62. The van der Waals surface area contributed by atoms with Crippen molar-refractivity contribution >= 4 is 11.6 Å². The fraction of sp³-hybridized carbons (Fsp3) is 0.480. The maximum absolute atomic E-state index is 12.7. The molecule has 1 atom stereocenters. The number of amides is 1. The van der Waals surface area contributed by atoms with E-state index in [0.29, 0.717) is 18.2 Å². The van der Waals surface area contributed by atoms with Crippen LogP contribution in [0.25, 0.3) is 0 Å². The molecule has 2 heterocycles. The van der Waals surface area contributed by atoms with E-state index in [1.165, 1.54) is 11.1 Å². The van der Waals surface area contributed by atoms with Gasteiger partial charge in [-0.25, -0.2) is 0 Å². The van der Waals surface area contributed by atoms with Gasteiger partial charge >= 0.3 is 0 Å². The Labute approximate surface area is 184 Å². The number of anilines is 1. The number of carbonyl (C=O) groups is 1. The summed E-state index contributed by atoms with van der Waals surface area (Å²) in [5, 5.41) is 13.4.